The summed E-state index contributed by atoms with van der Waals surface area (Å²) in [7, 11) is 0. The number of ketones is 3. The zero-order chi connectivity index (χ0) is 46.0. The van der Waals surface area contributed by atoms with E-state index in [0.29, 0.717) is 38.6 Å². The summed E-state index contributed by atoms with van der Waals surface area (Å²) in [5.41, 5.74) is 6.34. The number of aromatic hydroxyl groups is 1. The molecule has 14 nitrogen and oxygen atoms in total. The van der Waals surface area contributed by atoms with Crippen LogP contribution in [0.25, 0.3) is 0 Å². The van der Waals surface area contributed by atoms with Crippen molar-refractivity contribution in [1.82, 2.24) is 16.0 Å². The van der Waals surface area contributed by atoms with Crippen molar-refractivity contribution in [1.29, 1.82) is 0 Å². The Kier molecular flexibility index (Phi) is 31.8. The highest BCUT2D eigenvalue weighted by Gasteiger charge is 2.24. The maximum Gasteiger partial charge on any atom is 0.306 e. The highest BCUT2D eigenvalue weighted by atomic mass is 16.4. The van der Waals surface area contributed by atoms with E-state index in [1.807, 2.05) is 13.8 Å². The summed E-state index contributed by atoms with van der Waals surface area (Å²) in [5, 5.41) is 36.7. The number of carbonyl (C=O) groups is 7. The van der Waals surface area contributed by atoms with E-state index in [-0.39, 0.29) is 80.1 Å². The summed E-state index contributed by atoms with van der Waals surface area (Å²) in [6.07, 6.45) is 20.6. The number of nitrogens with two attached hydrogens (primary N) is 1. The van der Waals surface area contributed by atoms with Crippen molar-refractivity contribution in [3.63, 3.8) is 0 Å². The SMILES string of the molecule is CC(C)CC(=O)CN[C@@H](CCCCNC(=O)CC[C@H](CC(=O)CCCCCCCCCCCCCCCCCCC(=O)O)C(=O)O)C(=O)CN[C@@H](Cc1ccc(O)cc1)C(N)=O. The van der Waals surface area contributed by atoms with Gasteiger partial charge in [0.25, 0.3) is 0 Å². The number of unbranched alkanes of at least 4 members (excludes halogenated alkanes) is 16. The first kappa shape index (κ1) is 55.8. The molecular formula is C48H80N4O10. The van der Waals surface area contributed by atoms with Crippen LogP contribution in [0.1, 0.15) is 180 Å². The third-order valence-corrected chi connectivity index (χ3v) is 11.2. The molecule has 1 aromatic rings. The summed E-state index contributed by atoms with van der Waals surface area (Å²) in [6.45, 7) is 4.07. The first-order chi connectivity index (χ1) is 29.7. The van der Waals surface area contributed by atoms with Crippen molar-refractivity contribution >= 4 is 41.1 Å². The minimum Gasteiger partial charge on any atom is -0.508 e. The van der Waals surface area contributed by atoms with Crippen LogP contribution in [0, 0.1) is 11.8 Å². The van der Waals surface area contributed by atoms with Crippen molar-refractivity contribution in [2.75, 3.05) is 19.6 Å². The molecule has 0 aliphatic carbocycles. The lowest BCUT2D eigenvalue weighted by molar-refractivity contribution is -0.144. The lowest BCUT2D eigenvalue weighted by Crippen LogP contribution is -2.49. The number of Topliss-reactive ketones (excluding diaryl/α,β-unsaturated/α-hetero) is 3. The van der Waals surface area contributed by atoms with Crippen LogP contribution in [0.2, 0.25) is 0 Å². The average molecular weight is 873 g/mol. The number of rotatable bonds is 42. The van der Waals surface area contributed by atoms with Gasteiger partial charge in [-0.15, -0.1) is 0 Å². The molecule has 0 saturated heterocycles. The molecule has 2 amide bonds. The number of primary amides is 1. The van der Waals surface area contributed by atoms with Gasteiger partial charge < -0.3 is 31.7 Å². The summed E-state index contributed by atoms with van der Waals surface area (Å²) in [6, 6.07) is 4.85. The zero-order valence-electron chi connectivity index (χ0n) is 37.9. The third kappa shape index (κ3) is 30.8. The van der Waals surface area contributed by atoms with E-state index in [1.165, 1.54) is 69.9 Å². The van der Waals surface area contributed by atoms with Crippen LogP contribution in [0.4, 0.5) is 0 Å². The van der Waals surface area contributed by atoms with E-state index in [1.54, 1.807) is 12.1 Å². The highest BCUT2D eigenvalue weighted by Crippen LogP contribution is 2.18. The second kappa shape index (κ2) is 35.3. The summed E-state index contributed by atoms with van der Waals surface area (Å²) in [4.78, 5) is 85.4. The molecule has 0 radical (unpaired) electrons. The van der Waals surface area contributed by atoms with Crippen LogP contribution in [0.3, 0.4) is 0 Å². The van der Waals surface area contributed by atoms with E-state index in [2.05, 4.69) is 16.0 Å². The molecule has 3 atom stereocenters. The number of hydrogen-bond donors (Lipinski definition) is 7. The van der Waals surface area contributed by atoms with Gasteiger partial charge in [-0.1, -0.05) is 116 Å². The fourth-order valence-electron chi connectivity index (χ4n) is 7.49. The Balaban J connectivity index is 2.29. The Hall–Kier alpha value is -4.17. The second-order valence-electron chi connectivity index (χ2n) is 17.5. The molecule has 0 aliphatic heterocycles. The monoisotopic (exact) mass is 873 g/mol. The molecule has 1 rings (SSSR count). The van der Waals surface area contributed by atoms with E-state index in [9.17, 15) is 43.8 Å². The first-order valence-electron chi connectivity index (χ1n) is 23.5. The van der Waals surface area contributed by atoms with Crippen molar-refractivity contribution in [2.24, 2.45) is 17.6 Å². The molecule has 0 heterocycles. The highest BCUT2D eigenvalue weighted by molar-refractivity contribution is 5.88. The van der Waals surface area contributed by atoms with Gasteiger partial charge in [0.2, 0.25) is 11.8 Å². The number of nitrogens with one attached hydrogen (secondary N) is 3. The van der Waals surface area contributed by atoms with Gasteiger partial charge in [0.15, 0.2) is 5.78 Å². The van der Waals surface area contributed by atoms with E-state index in [0.717, 1.165) is 50.5 Å². The van der Waals surface area contributed by atoms with E-state index in [4.69, 9.17) is 10.8 Å². The molecule has 0 spiro atoms. The number of hydrogen-bond acceptors (Lipinski definition) is 10. The predicted octanol–water partition coefficient (Wildman–Crippen LogP) is 7.35. The maximum absolute atomic E-state index is 13.3. The van der Waals surface area contributed by atoms with Crippen molar-refractivity contribution in [3.8, 4) is 5.75 Å². The van der Waals surface area contributed by atoms with Crippen LogP contribution in [-0.4, -0.2) is 88.1 Å². The van der Waals surface area contributed by atoms with Crippen LogP contribution >= 0.6 is 0 Å². The minimum absolute atomic E-state index is 0.0146. The topological polar surface area (TPSA) is 242 Å². The Bertz CT molecular complexity index is 1450. The van der Waals surface area contributed by atoms with Gasteiger partial charge >= 0.3 is 11.9 Å². The zero-order valence-corrected chi connectivity index (χ0v) is 37.9. The van der Waals surface area contributed by atoms with Gasteiger partial charge in [0, 0.05) is 38.6 Å². The quantitative estimate of drug-likeness (QED) is 0.0319. The van der Waals surface area contributed by atoms with Gasteiger partial charge in [0.05, 0.1) is 31.1 Å². The number of amides is 2. The molecule has 0 unspecified atom stereocenters. The number of carboxylic acids is 2. The fraction of sp³-hybridized carbons (Fsp3) is 0.729. The van der Waals surface area contributed by atoms with E-state index >= 15 is 0 Å². The number of phenolic OH excluding ortho intramolecular Hbond substituents is 1. The Morgan fingerprint density at radius 2 is 1.10 bits per heavy atom. The predicted molar refractivity (Wildman–Crippen MR) is 242 cm³/mol. The lowest BCUT2D eigenvalue weighted by atomic mass is 9.94. The molecule has 0 aromatic heterocycles. The van der Waals surface area contributed by atoms with E-state index < -0.39 is 35.8 Å². The van der Waals surface area contributed by atoms with Crippen molar-refractivity contribution < 1.29 is 48.9 Å². The maximum atomic E-state index is 13.3. The van der Waals surface area contributed by atoms with Crippen molar-refractivity contribution in [3.05, 3.63) is 29.8 Å². The van der Waals surface area contributed by atoms with Crippen LogP contribution < -0.4 is 21.7 Å². The minimum atomic E-state index is -1.08. The summed E-state index contributed by atoms with van der Waals surface area (Å²) >= 11 is 0. The van der Waals surface area contributed by atoms with Gasteiger partial charge in [-0.05, 0) is 68.6 Å². The molecular weight excluding hydrogens is 793 g/mol. The Labute approximate surface area is 370 Å². The lowest BCUT2D eigenvalue weighted by Gasteiger charge is -2.20. The average Bonchev–Trinajstić information content (AvgIpc) is 3.21. The number of carboxylic acid groups (broad SMARTS) is 2. The molecule has 352 valence electrons. The molecule has 1 aromatic carbocycles. The Morgan fingerprint density at radius 3 is 1.60 bits per heavy atom. The number of aliphatic carboxylic acids is 2. The molecule has 14 heteroatoms. The van der Waals surface area contributed by atoms with Crippen LogP contribution in [-0.2, 0) is 40.0 Å². The number of carbonyl (C=O) groups excluding carboxylic acids is 5. The van der Waals surface area contributed by atoms with Crippen LogP contribution in [0.5, 0.6) is 5.75 Å². The van der Waals surface area contributed by atoms with Crippen LogP contribution in [0.15, 0.2) is 24.3 Å². The van der Waals surface area contributed by atoms with Gasteiger partial charge in [-0.25, -0.2) is 0 Å². The smallest absolute Gasteiger partial charge is 0.306 e. The Morgan fingerprint density at radius 1 is 0.581 bits per heavy atom. The fourth-order valence-corrected chi connectivity index (χ4v) is 7.49. The second-order valence-corrected chi connectivity index (χ2v) is 17.5. The first-order valence-corrected chi connectivity index (χ1v) is 23.5. The molecule has 8 N–H and O–H groups in total. The van der Waals surface area contributed by atoms with Gasteiger partial charge in [-0.2, -0.15) is 0 Å². The standard InChI is InChI=1S/C48H80N4O10/c1-36(2)31-41(55)34-51-42(44(56)35-52-43(47(49)60)32-37-24-27-39(53)28-25-37)22-19-20-30-50-45(57)29-26-38(48(61)62)33-40(54)21-17-15-13-11-9-7-5-3-4-6-8-10-12-14-16-18-23-46(58)59/h24-25,27-28,36,38,42-43,51-53H,3-23,26,29-35H2,1-2H3,(H2,49,60)(H,50,57)(H,58,59)(H,61,62)/t38-,42+,43+/m1/s1. The van der Waals surface area contributed by atoms with Crippen molar-refractivity contribution in [2.45, 2.75) is 193 Å². The third-order valence-electron chi connectivity index (χ3n) is 11.2. The molecule has 0 saturated carbocycles. The molecule has 0 fully saturated rings. The van der Waals surface area contributed by atoms with Gasteiger partial charge in [-0.3, -0.25) is 38.9 Å². The molecule has 0 aliphatic rings. The number of benzene rings is 1. The largest absolute Gasteiger partial charge is 0.508 e. The molecule has 0 bridgehead atoms. The summed E-state index contributed by atoms with van der Waals surface area (Å²) < 4.78 is 0. The number of phenols is 1. The van der Waals surface area contributed by atoms with Gasteiger partial charge in [0.1, 0.15) is 17.3 Å². The molecule has 62 heavy (non-hydrogen) atoms. The normalized spacial score (nSPS) is 12.8. The summed E-state index contributed by atoms with van der Waals surface area (Å²) in [5.74, 6) is -3.71.